The minimum absolute atomic E-state index is 0.205. The molecule has 0 saturated carbocycles. The molecule has 1 amide bonds. The lowest BCUT2D eigenvalue weighted by Crippen LogP contribution is -2.49. The molecule has 35 heavy (non-hydrogen) atoms. The summed E-state index contributed by atoms with van der Waals surface area (Å²) >= 11 is 0. The molecule has 0 aliphatic carbocycles. The molecule has 0 spiro atoms. The number of fused-ring (bicyclic) bond motifs is 1. The number of amides is 1. The van der Waals surface area contributed by atoms with Gasteiger partial charge >= 0.3 is 0 Å². The van der Waals surface area contributed by atoms with Gasteiger partial charge in [0.2, 0.25) is 5.91 Å². The molecule has 0 atom stereocenters. The van der Waals surface area contributed by atoms with Gasteiger partial charge in [0.25, 0.3) is 0 Å². The van der Waals surface area contributed by atoms with E-state index < -0.39 is 0 Å². The molecule has 1 fully saturated rings. The van der Waals surface area contributed by atoms with Crippen LogP contribution in [-0.4, -0.2) is 66.6 Å². The van der Waals surface area contributed by atoms with Crippen LogP contribution >= 0.6 is 0 Å². The highest BCUT2D eigenvalue weighted by molar-refractivity contribution is 5.77. The second kappa shape index (κ2) is 9.13. The van der Waals surface area contributed by atoms with Crippen molar-refractivity contribution in [2.75, 3.05) is 31.1 Å². The molecule has 1 aromatic carbocycles. The van der Waals surface area contributed by atoms with Gasteiger partial charge in [-0.15, -0.1) is 15.3 Å². The average Bonchev–Trinajstić information content (AvgIpc) is 3.37. The Kier molecular flexibility index (Phi) is 6.00. The van der Waals surface area contributed by atoms with Crippen molar-refractivity contribution in [1.82, 2.24) is 34.5 Å². The molecule has 4 heterocycles. The van der Waals surface area contributed by atoms with Crippen LogP contribution in [0.4, 0.5) is 5.69 Å². The molecular weight excluding hydrogens is 440 g/mol. The first-order valence-electron chi connectivity index (χ1n) is 12.2. The monoisotopic (exact) mass is 472 g/mol. The van der Waals surface area contributed by atoms with Crippen LogP contribution in [0.5, 0.6) is 0 Å². The highest BCUT2D eigenvalue weighted by Crippen LogP contribution is 2.24. The highest BCUT2D eigenvalue weighted by Gasteiger charge is 2.23. The van der Waals surface area contributed by atoms with Crippen molar-refractivity contribution in [2.45, 2.75) is 47.5 Å². The van der Waals surface area contributed by atoms with E-state index in [4.69, 9.17) is 5.10 Å². The lowest BCUT2D eigenvalue weighted by molar-refractivity contribution is -0.131. The molecule has 182 valence electrons. The lowest BCUT2D eigenvalue weighted by Gasteiger charge is -2.37. The van der Waals surface area contributed by atoms with E-state index in [2.05, 4.69) is 52.2 Å². The highest BCUT2D eigenvalue weighted by atomic mass is 16.2. The topological polar surface area (TPSA) is 84.5 Å². The Morgan fingerprint density at radius 1 is 0.914 bits per heavy atom. The number of hydrogen-bond acceptors (Lipinski definition) is 6. The Morgan fingerprint density at radius 2 is 1.69 bits per heavy atom. The van der Waals surface area contributed by atoms with Crippen molar-refractivity contribution >= 4 is 17.2 Å². The molecule has 1 saturated heterocycles. The molecule has 3 aromatic heterocycles. The van der Waals surface area contributed by atoms with Crippen LogP contribution in [0.2, 0.25) is 0 Å². The van der Waals surface area contributed by atoms with Gasteiger partial charge in [-0.05, 0) is 75.9 Å². The van der Waals surface area contributed by atoms with Gasteiger partial charge in [0, 0.05) is 44.0 Å². The largest absolute Gasteiger partial charge is 0.368 e. The molecule has 0 unspecified atom stereocenters. The summed E-state index contributed by atoms with van der Waals surface area (Å²) < 4.78 is 3.56. The summed E-state index contributed by atoms with van der Waals surface area (Å²) in [7, 11) is 0. The number of carbonyl (C=O) groups excluding carboxylic acids is 1. The molecule has 0 bridgehead atoms. The van der Waals surface area contributed by atoms with E-state index in [1.165, 1.54) is 16.8 Å². The Morgan fingerprint density at radius 3 is 2.46 bits per heavy atom. The van der Waals surface area contributed by atoms with Gasteiger partial charge in [-0.3, -0.25) is 4.79 Å². The third kappa shape index (κ3) is 4.38. The number of benzene rings is 1. The van der Waals surface area contributed by atoms with Crippen molar-refractivity contribution in [3.05, 3.63) is 64.2 Å². The maximum absolute atomic E-state index is 13.0. The third-order valence-corrected chi connectivity index (χ3v) is 6.99. The number of hydrogen-bond donors (Lipinski definition) is 0. The first kappa shape index (κ1) is 23.0. The van der Waals surface area contributed by atoms with E-state index in [9.17, 15) is 4.79 Å². The summed E-state index contributed by atoms with van der Waals surface area (Å²) in [5.74, 6) is 1.64. The lowest BCUT2D eigenvalue weighted by atomic mass is 10.1. The second-order valence-corrected chi connectivity index (χ2v) is 9.43. The zero-order chi connectivity index (χ0) is 24.7. The summed E-state index contributed by atoms with van der Waals surface area (Å²) in [5.41, 5.74) is 7.58. The van der Waals surface area contributed by atoms with Crippen LogP contribution < -0.4 is 4.90 Å². The summed E-state index contributed by atoms with van der Waals surface area (Å²) in [5, 5.41) is 17.5. The van der Waals surface area contributed by atoms with Crippen molar-refractivity contribution in [2.24, 2.45) is 0 Å². The van der Waals surface area contributed by atoms with Crippen molar-refractivity contribution in [3.8, 4) is 5.82 Å². The van der Waals surface area contributed by atoms with Crippen LogP contribution in [0.3, 0.4) is 0 Å². The van der Waals surface area contributed by atoms with Crippen LogP contribution in [0.15, 0.2) is 30.3 Å². The van der Waals surface area contributed by atoms with E-state index in [0.717, 1.165) is 49.0 Å². The molecule has 9 nitrogen and oxygen atoms in total. The maximum atomic E-state index is 13.0. The smallest absolute Gasteiger partial charge is 0.223 e. The van der Waals surface area contributed by atoms with Crippen LogP contribution in [0.25, 0.3) is 11.5 Å². The van der Waals surface area contributed by atoms with Crippen molar-refractivity contribution in [1.29, 1.82) is 0 Å². The standard InChI is InChI=1S/C26H32N8O/c1-17-6-7-18(2)23(16-17)31-12-14-32(15-13-31)26(35)11-8-22-19(3)29-33(20(22)4)25-10-9-24-28-27-21(5)34(24)30-25/h6-7,9-10,16H,8,11-15H2,1-5H3. The minimum Gasteiger partial charge on any atom is -0.368 e. The van der Waals surface area contributed by atoms with E-state index >= 15 is 0 Å². The molecule has 1 aliphatic heterocycles. The Hall–Kier alpha value is -3.75. The van der Waals surface area contributed by atoms with Crippen molar-refractivity contribution in [3.63, 3.8) is 0 Å². The summed E-state index contributed by atoms with van der Waals surface area (Å²) in [6, 6.07) is 10.4. The first-order valence-corrected chi connectivity index (χ1v) is 12.2. The van der Waals surface area contributed by atoms with Crippen molar-refractivity contribution < 1.29 is 4.79 Å². The molecule has 0 N–H and O–H groups in total. The summed E-state index contributed by atoms with van der Waals surface area (Å²) in [6.45, 7) is 13.4. The zero-order valence-corrected chi connectivity index (χ0v) is 21.1. The number of aryl methyl sites for hydroxylation is 4. The van der Waals surface area contributed by atoms with Gasteiger partial charge in [0.05, 0.1) is 5.69 Å². The van der Waals surface area contributed by atoms with Gasteiger partial charge in [0.15, 0.2) is 17.3 Å². The van der Waals surface area contributed by atoms with Crippen LogP contribution in [0.1, 0.15) is 40.3 Å². The Labute approximate surface area is 205 Å². The molecule has 9 heteroatoms. The number of carbonyl (C=O) groups is 1. The first-order chi connectivity index (χ1) is 16.8. The van der Waals surface area contributed by atoms with Gasteiger partial charge in [0.1, 0.15) is 0 Å². The van der Waals surface area contributed by atoms with E-state index in [1.54, 1.807) is 4.52 Å². The third-order valence-electron chi connectivity index (χ3n) is 6.99. The quantitative estimate of drug-likeness (QED) is 0.444. The maximum Gasteiger partial charge on any atom is 0.223 e. The SMILES string of the molecule is Cc1ccc(C)c(N2CCN(C(=O)CCc3c(C)nn(-c4ccc5nnc(C)n5n4)c3C)CC2)c1. The predicted octanol–water partition coefficient (Wildman–Crippen LogP) is 3.13. The van der Waals surface area contributed by atoms with Gasteiger partial charge in [-0.25, -0.2) is 4.68 Å². The fourth-order valence-electron chi connectivity index (χ4n) is 4.91. The van der Waals surface area contributed by atoms with E-state index in [-0.39, 0.29) is 5.91 Å². The number of rotatable bonds is 5. The Bertz CT molecular complexity index is 1390. The van der Waals surface area contributed by atoms with Crippen LogP contribution in [-0.2, 0) is 11.2 Å². The molecule has 4 aromatic rings. The molecule has 5 rings (SSSR count). The number of aromatic nitrogens is 6. The average molecular weight is 473 g/mol. The fraction of sp³-hybridized carbons (Fsp3) is 0.423. The predicted molar refractivity (Wildman–Crippen MR) is 135 cm³/mol. The van der Waals surface area contributed by atoms with Gasteiger partial charge in [-0.2, -0.15) is 9.61 Å². The second-order valence-electron chi connectivity index (χ2n) is 9.43. The zero-order valence-electron chi connectivity index (χ0n) is 21.1. The van der Waals surface area contributed by atoms with Gasteiger partial charge in [-0.1, -0.05) is 12.1 Å². The van der Waals surface area contributed by atoms with Crippen LogP contribution in [0, 0.1) is 34.6 Å². The molecule has 0 radical (unpaired) electrons. The van der Waals surface area contributed by atoms with E-state index in [1.807, 2.05) is 42.5 Å². The normalized spacial score (nSPS) is 14.2. The molecular formula is C26H32N8O. The molecule has 1 aliphatic rings. The Balaban J connectivity index is 1.24. The minimum atomic E-state index is 0.205. The number of nitrogens with zero attached hydrogens (tertiary/aromatic N) is 8. The number of anilines is 1. The fourth-order valence-corrected chi connectivity index (χ4v) is 4.91. The van der Waals surface area contributed by atoms with E-state index in [0.29, 0.717) is 24.3 Å². The van der Waals surface area contributed by atoms with Gasteiger partial charge < -0.3 is 9.80 Å². The summed E-state index contributed by atoms with van der Waals surface area (Å²) in [6.07, 6.45) is 1.15. The number of piperazine rings is 1. The summed E-state index contributed by atoms with van der Waals surface area (Å²) in [4.78, 5) is 17.4.